The molecular formula is C12H12Br2O5. The molecule has 0 fully saturated rings. The zero-order chi connectivity index (χ0) is 14.6. The number of aliphatic carboxylic acids is 1. The molecule has 5 nitrogen and oxygen atoms in total. The lowest BCUT2D eigenvalue weighted by atomic mass is 10.1. The number of rotatable bonds is 5. The molecule has 0 spiro atoms. The molecule has 19 heavy (non-hydrogen) atoms. The van der Waals surface area contributed by atoms with Gasteiger partial charge in [0.25, 0.3) is 0 Å². The summed E-state index contributed by atoms with van der Waals surface area (Å²) in [5.41, 5.74) is 0.692. The van der Waals surface area contributed by atoms with Crippen molar-refractivity contribution in [3.05, 3.63) is 23.8 Å². The van der Waals surface area contributed by atoms with E-state index in [9.17, 15) is 9.59 Å². The predicted octanol–water partition coefficient (Wildman–Crippen LogP) is 2.90. The van der Waals surface area contributed by atoms with Crippen LogP contribution in [0.15, 0.2) is 18.2 Å². The molecule has 0 aliphatic rings. The van der Waals surface area contributed by atoms with Gasteiger partial charge in [-0.1, -0.05) is 37.9 Å². The third kappa shape index (κ3) is 4.21. The van der Waals surface area contributed by atoms with Crippen LogP contribution in [-0.4, -0.2) is 29.0 Å². The minimum Gasteiger partial charge on any atom is -0.493 e. The van der Waals surface area contributed by atoms with Crippen molar-refractivity contribution in [2.45, 2.75) is 16.6 Å². The van der Waals surface area contributed by atoms with Gasteiger partial charge in [0.1, 0.15) is 4.83 Å². The lowest BCUT2D eigenvalue weighted by molar-refractivity contribution is -0.136. The van der Waals surface area contributed by atoms with Gasteiger partial charge in [-0.05, 0) is 17.7 Å². The van der Waals surface area contributed by atoms with Crippen molar-refractivity contribution in [3.63, 3.8) is 0 Å². The number of halogens is 2. The Morgan fingerprint density at radius 1 is 1.26 bits per heavy atom. The van der Waals surface area contributed by atoms with Crippen LogP contribution in [0.2, 0.25) is 0 Å². The van der Waals surface area contributed by atoms with Crippen molar-refractivity contribution < 1.29 is 24.2 Å². The Labute approximate surface area is 127 Å². The molecular weight excluding hydrogens is 384 g/mol. The molecule has 1 N–H and O–H groups in total. The summed E-state index contributed by atoms with van der Waals surface area (Å²) in [4.78, 5) is 20.6. The van der Waals surface area contributed by atoms with Crippen LogP contribution in [0.1, 0.15) is 17.3 Å². The first kappa shape index (κ1) is 16.0. The van der Waals surface area contributed by atoms with Gasteiger partial charge in [-0.15, -0.1) is 0 Å². The molecule has 1 aromatic rings. The summed E-state index contributed by atoms with van der Waals surface area (Å²) in [5.74, 6) is -0.780. The number of carbonyl (C=O) groups is 2. The number of ether oxygens (including phenoxy) is 2. The van der Waals surface area contributed by atoms with Crippen LogP contribution in [0, 0.1) is 0 Å². The van der Waals surface area contributed by atoms with E-state index in [1.165, 1.54) is 14.0 Å². The topological polar surface area (TPSA) is 72.8 Å². The van der Waals surface area contributed by atoms with Gasteiger partial charge in [0.05, 0.1) is 11.9 Å². The van der Waals surface area contributed by atoms with E-state index in [1.807, 2.05) is 0 Å². The molecule has 0 saturated heterocycles. The Hall–Kier alpha value is -1.08. The first-order valence-corrected chi connectivity index (χ1v) is 7.07. The van der Waals surface area contributed by atoms with Crippen LogP contribution in [0.3, 0.4) is 0 Å². The number of benzene rings is 1. The highest BCUT2D eigenvalue weighted by atomic mass is 79.9. The Morgan fingerprint density at radius 3 is 2.37 bits per heavy atom. The Bertz CT molecular complexity index is 489. The molecule has 1 aromatic carbocycles. The van der Waals surface area contributed by atoms with Crippen molar-refractivity contribution in [3.8, 4) is 11.5 Å². The lowest BCUT2D eigenvalue weighted by Crippen LogP contribution is -2.18. The lowest BCUT2D eigenvalue weighted by Gasteiger charge is -2.15. The predicted molar refractivity (Wildman–Crippen MR) is 76.3 cm³/mol. The van der Waals surface area contributed by atoms with E-state index in [0.717, 1.165) is 0 Å². The molecule has 0 amide bonds. The average Bonchev–Trinajstić information content (AvgIpc) is 2.36. The maximum absolute atomic E-state index is 10.9. The molecule has 0 saturated carbocycles. The van der Waals surface area contributed by atoms with E-state index in [2.05, 4.69) is 31.9 Å². The number of hydrogen-bond acceptors (Lipinski definition) is 4. The largest absolute Gasteiger partial charge is 0.493 e. The third-order valence-corrected chi connectivity index (χ3v) is 4.94. The van der Waals surface area contributed by atoms with Crippen LogP contribution < -0.4 is 9.47 Å². The first-order chi connectivity index (χ1) is 8.86. The fourth-order valence-corrected chi connectivity index (χ4v) is 2.21. The van der Waals surface area contributed by atoms with Crippen LogP contribution in [0.5, 0.6) is 11.5 Å². The minimum atomic E-state index is -0.982. The van der Waals surface area contributed by atoms with Crippen molar-refractivity contribution in [2.24, 2.45) is 0 Å². The van der Waals surface area contributed by atoms with Gasteiger partial charge >= 0.3 is 11.9 Å². The molecule has 0 aromatic heterocycles. The summed E-state index contributed by atoms with van der Waals surface area (Å²) in [6, 6.07) is 4.84. The van der Waals surface area contributed by atoms with E-state index >= 15 is 0 Å². The fraction of sp³-hybridized carbons (Fsp3) is 0.333. The molecule has 0 radical (unpaired) electrons. The Morgan fingerprint density at radius 2 is 1.89 bits per heavy atom. The number of methoxy groups -OCH3 is 1. The third-order valence-electron chi connectivity index (χ3n) is 2.25. The monoisotopic (exact) mass is 394 g/mol. The van der Waals surface area contributed by atoms with Gasteiger partial charge in [-0.2, -0.15) is 0 Å². The second-order valence-corrected chi connectivity index (χ2v) is 5.62. The van der Waals surface area contributed by atoms with E-state index in [1.54, 1.807) is 18.2 Å². The van der Waals surface area contributed by atoms with E-state index < -0.39 is 21.6 Å². The SMILES string of the molecule is COc1cc(C(Br)C(Br)C(=O)O)ccc1OC(C)=O. The number of alkyl halides is 2. The van der Waals surface area contributed by atoms with Crippen molar-refractivity contribution in [1.82, 2.24) is 0 Å². The van der Waals surface area contributed by atoms with Gasteiger partial charge in [-0.25, -0.2) is 0 Å². The molecule has 0 aliphatic heterocycles. The van der Waals surface area contributed by atoms with E-state index in [4.69, 9.17) is 14.6 Å². The molecule has 2 unspecified atom stereocenters. The second kappa shape index (κ2) is 6.91. The second-order valence-electron chi connectivity index (χ2n) is 3.65. The van der Waals surface area contributed by atoms with Crippen LogP contribution >= 0.6 is 31.9 Å². The molecule has 0 heterocycles. The number of carboxylic acids is 1. The van der Waals surface area contributed by atoms with E-state index in [0.29, 0.717) is 17.1 Å². The molecule has 1 rings (SSSR count). The van der Waals surface area contributed by atoms with Crippen LogP contribution in [0.4, 0.5) is 0 Å². The number of carboxylic acid groups (broad SMARTS) is 1. The zero-order valence-corrected chi connectivity index (χ0v) is 13.4. The maximum atomic E-state index is 10.9. The standard InChI is InChI=1S/C12H12Br2O5/c1-6(15)19-8-4-3-7(5-9(8)18-2)10(13)11(14)12(16)17/h3-5,10-11H,1-2H3,(H,16,17). The van der Waals surface area contributed by atoms with Crippen LogP contribution in [-0.2, 0) is 9.59 Å². The summed E-state index contributed by atoms with van der Waals surface area (Å²) in [6.45, 7) is 1.29. The van der Waals surface area contributed by atoms with Gasteiger partial charge in [0, 0.05) is 6.92 Å². The average molecular weight is 396 g/mol. The zero-order valence-electron chi connectivity index (χ0n) is 10.2. The summed E-state index contributed by atoms with van der Waals surface area (Å²) in [5, 5.41) is 8.94. The highest BCUT2D eigenvalue weighted by Crippen LogP contribution is 2.36. The minimum absolute atomic E-state index is 0.292. The fourth-order valence-electron chi connectivity index (χ4n) is 1.39. The Kier molecular flexibility index (Phi) is 5.81. The van der Waals surface area contributed by atoms with Crippen molar-refractivity contribution >= 4 is 43.8 Å². The summed E-state index contributed by atoms with van der Waals surface area (Å²) >= 11 is 6.38. The number of carbonyl (C=O) groups excluding carboxylic acids is 1. The molecule has 2 atom stereocenters. The normalized spacial score (nSPS) is 13.5. The first-order valence-electron chi connectivity index (χ1n) is 5.24. The Balaban J connectivity index is 3.05. The summed E-state index contributed by atoms with van der Waals surface area (Å²) < 4.78 is 10.1. The van der Waals surface area contributed by atoms with Crippen LogP contribution in [0.25, 0.3) is 0 Å². The molecule has 7 heteroatoms. The van der Waals surface area contributed by atoms with Gasteiger partial charge in [0.2, 0.25) is 0 Å². The summed E-state index contributed by atoms with van der Waals surface area (Å²) in [6.07, 6.45) is 0. The molecule has 0 bridgehead atoms. The smallest absolute Gasteiger partial charge is 0.318 e. The van der Waals surface area contributed by atoms with Gasteiger partial charge in [-0.3, -0.25) is 9.59 Å². The number of esters is 1. The highest BCUT2D eigenvalue weighted by Gasteiger charge is 2.25. The highest BCUT2D eigenvalue weighted by molar-refractivity contribution is 9.12. The molecule has 0 aliphatic carbocycles. The van der Waals surface area contributed by atoms with E-state index in [-0.39, 0.29) is 0 Å². The van der Waals surface area contributed by atoms with Gasteiger partial charge in [0.15, 0.2) is 11.5 Å². The molecule has 104 valence electrons. The maximum Gasteiger partial charge on any atom is 0.318 e. The van der Waals surface area contributed by atoms with Gasteiger partial charge < -0.3 is 14.6 Å². The van der Waals surface area contributed by atoms with Crippen molar-refractivity contribution in [2.75, 3.05) is 7.11 Å². The van der Waals surface area contributed by atoms with Crippen molar-refractivity contribution in [1.29, 1.82) is 0 Å². The summed E-state index contributed by atoms with van der Waals surface area (Å²) in [7, 11) is 1.44. The number of hydrogen-bond donors (Lipinski definition) is 1. The quantitative estimate of drug-likeness (QED) is 0.471.